The van der Waals surface area contributed by atoms with Crippen LogP contribution in [-0.4, -0.2) is 15.5 Å². The van der Waals surface area contributed by atoms with Crippen LogP contribution in [0, 0.1) is 0 Å². The number of rotatable bonds is 4. The molecule has 0 radical (unpaired) electrons. The van der Waals surface area contributed by atoms with Crippen LogP contribution >= 0.6 is 23.2 Å². The Kier molecular flexibility index (Phi) is 4.23. The van der Waals surface area contributed by atoms with Gasteiger partial charge in [-0.1, -0.05) is 23.7 Å². The number of imidazole rings is 1. The minimum absolute atomic E-state index is 0.121. The van der Waals surface area contributed by atoms with Crippen LogP contribution in [-0.2, 0) is 17.9 Å². The third-order valence-corrected chi connectivity index (χ3v) is 2.95. The lowest BCUT2D eigenvalue weighted by molar-refractivity contribution is -0.121. The summed E-state index contributed by atoms with van der Waals surface area (Å²) in [6.45, 7) is 0.620. The van der Waals surface area contributed by atoms with Crippen LogP contribution in [0.3, 0.4) is 0 Å². The van der Waals surface area contributed by atoms with Crippen LogP contribution in [0.2, 0.25) is 10.3 Å². The molecule has 0 aliphatic carbocycles. The van der Waals surface area contributed by atoms with E-state index in [1.165, 1.54) is 0 Å². The number of aromatic nitrogens is 2. The highest BCUT2D eigenvalue weighted by Crippen LogP contribution is 2.09. The highest BCUT2D eigenvalue weighted by atomic mass is 35.5. The van der Waals surface area contributed by atoms with Crippen molar-refractivity contribution in [3.8, 4) is 0 Å². The van der Waals surface area contributed by atoms with E-state index in [0.717, 1.165) is 5.56 Å². The molecule has 1 N–H and O–H groups in total. The molecule has 1 amide bonds. The van der Waals surface area contributed by atoms with Gasteiger partial charge in [-0.2, -0.15) is 0 Å². The first-order valence-electron chi connectivity index (χ1n) is 5.33. The summed E-state index contributed by atoms with van der Waals surface area (Å²) >= 11 is 11.5. The molecule has 94 valence electrons. The number of hydrogen-bond acceptors (Lipinski definition) is 2. The molecule has 1 heterocycles. The number of carbonyl (C=O) groups is 1. The van der Waals surface area contributed by atoms with Crippen molar-refractivity contribution >= 4 is 29.1 Å². The van der Waals surface area contributed by atoms with Crippen molar-refractivity contribution in [3.05, 3.63) is 52.5 Å². The van der Waals surface area contributed by atoms with Crippen LogP contribution in [0.25, 0.3) is 0 Å². The fourth-order valence-electron chi connectivity index (χ4n) is 1.44. The van der Waals surface area contributed by atoms with Crippen molar-refractivity contribution in [3.63, 3.8) is 0 Å². The van der Waals surface area contributed by atoms with Crippen molar-refractivity contribution in [2.75, 3.05) is 0 Å². The molecule has 1 aromatic heterocycles. The molecule has 6 heteroatoms. The van der Waals surface area contributed by atoms with E-state index in [2.05, 4.69) is 10.3 Å². The molecule has 0 bridgehead atoms. The van der Waals surface area contributed by atoms with Gasteiger partial charge in [-0.05, 0) is 29.3 Å². The maximum absolute atomic E-state index is 11.7. The number of halogens is 2. The smallest absolute Gasteiger partial charge is 0.240 e. The standard InChI is InChI=1S/C12H11Cl2N3O/c13-10-3-1-9(2-4-10)7-16-11(18)8-17-6-5-15-12(17)14/h1-6H,7-8H2,(H,16,18). The Bertz CT molecular complexity index is 537. The van der Waals surface area contributed by atoms with E-state index in [9.17, 15) is 4.79 Å². The zero-order chi connectivity index (χ0) is 13.0. The van der Waals surface area contributed by atoms with E-state index in [1.807, 2.05) is 12.1 Å². The van der Waals surface area contributed by atoms with Gasteiger partial charge in [0.2, 0.25) is 11.2 Å². The molecule has 18 heavy (non-hydrogen) atoms. The van der Waals surface area contributed by atoms with Crippen molar-refractivity contribution in [1.82, 2.24) is 14.9 Å². The Balaban J connectivity index is 1.85. The molecule has 0 spiro atoms. The van der Waals surface area contributed by atoms with Crippen molar-refractivity contribution in [2.45, 2.75) is 13.1 Å². The van der Waals surface area contributed by atoms with E-state index in [0.29, 0.717) is 16.9 Å². The Labute approximate surface area is 115 Å². The molecule has 2 aromatic rings. The van der Waals surface area contributed by atoms with Gasteiger partial charge < -0.3 is 9.88 Å². The number of hydrogen-bond donors (Lipinski definition) is 1. The molecule has 0 aliphatic rings. The van der Waals surface area contributed by atoms with Crippen LogP contribution < -0.4 is 5.32 Å². The highest BCUT2D eigenvalue weighted by molar-refractivity contribution is 6.30. The summed E-state index contributed by atoms with van der Waals surface area (Å²) in [6, 6.07) is 7.31. The fraction of sp³-hybridized carbons (Fsp3) is 0.167. The minimum Gasteiger partial charge on any atom is -0.350 e. The van der Waals surface area contributed by atoms with Gasteiger partial charge in [0.05, 0.1) is 0 Å². The highest BCUT2D eigenvalue weighted by Gasteiger charge is 2.05. The maximum atomic E-state index is 11.7. The Morgan fingerprint density at radius 3 is 2.61 bits per heavy atom. The van der Waals surface area contributed by atoms with Gasteiger partial charge in [0.1, 0.15) is 6.54 Å². The molecule has 4 nitrogen and oxygen atoms in total. The van der Waals surface area contributed by atoms with Gasteiger partial charge in [0.15, 0.2) is 0 Å². The summed E-state index contributed by atoms with van der Waals surface area (Å²) in [6.07, 6.45) is 3.21. The first-order chi connectivity index (χ1) is 8.65. The topological polar surface area (TPSA) is 46.9 Å². The summed E-state index contributed by atoms with van der Waals surface area (Å²) in [5.74, 6) is -0.121. The molecule has 2 rings (SSSR count). The molecule has 0 fully saturated rings. The van der Waals surface area contributed by atoms with E-state index in [4.69, 9.17) is 23.2 Å². The predicted octanol–water partition coefficient (Wildman–Crippen LogP) is 2.51. The van der Waals surface area contributed by atoms with Crippen LogP contribution in [0.1, 0.15) is 5.56 Å². The van der Waals surface area contributed by atoms with Gasteiger partial charge >= 0.3 is 0 Å². The van der Waals surface area contributed by atoms with E-state index >= 15 is 0 Å². The third kappa shape index (κ3) is 3.48. The van der Waals surface area contributed by atoms with Gasteiger partial charge in [0.25, 0.3) is 0 Å². The lowest BCUT2D eigenvalue weighted by Crippen LogP contribution is -2.26. The van der Waals surface area contributed by atoms with Gasteiger partial charge in [0, 0.05) is 24.0 Å². The molecule has 0 aliphatic heterocycles. The summed E-state index contributed by atoms with van der Waals surface area (Å²) < 4.78 is 1.57. The lowest BCUT2D eigenvalue weighted by atomic mass is 10.2. The third-order valence-electron chi connectivity index (χ3n) is 2.38. The molecule has 0 atom stereocenters. The van der Waals surface area contributed by atoms with Crippen LogP contribution in [0.4, 0.5) is 0 Å². The van der Waals surface area contributed by atoms with Gasteiger partial charge in [-0.3, -0.25) is 4.79 Å². The number of nitrogens with one attached hydrogen (secondary N) is 1. The Hall–Kier alpha value is -1.52. The summed E-state index contributed by atoms with van der Waals surface area (Å²) in [5, 5.41) is 3.77. The quantitative estimate of drug-likeness (QED) is 0.937. The second-order valence-corrected chi connectivity index (χ2v) is 4.50. The molecule has 0 unspecified atom stereocenters. The van der Waals surface area contributed by atoms with Crippen LogP contribution in [0.5, 0.6) is 0 Å². The van der Waals surface area contributed by atoms with E-state index < -0.39 is 0 Å². The second-order valence-electron chi connectivity index (χ2n) is 3.73. The second kappa shape index (κ2) is 5.89. The number of carbonyl (C=O) groups excluding carboxylic acids is 1. The minimum atomic E-state index is -0.121. The molecular weight excluding hydrogens is 273 g/mol. The Morgan fingerprint density at radius 1 is 1.28 bits per heavy atom. The van der Waals surface area contributed by atoms with Crippen molar-refractivity contribution in [1.29, 1.82) is 0 Å². The normalized spacial score (nSPS) is 10.3. The molecular formula is C12H11Cl2N3O. The number of amides is 1. The zero-order valence-electron chi connectivity index (χ0n) is 9.44. The Morgan fingerprint density at radius 2 is 2.00 bits per heavy atom. The largest absolute Gasteiger partial charge is 0.350 e. The SMILES string of the molecule is O=C(Cn1ccnc1Cl)NCc1ccc(Cl)cc1. The first kappa shape index (κ1) is 12.9. The average Bonchev–Trinajstić information content (AvgIpc) is 2.74. The number of benzene rings is 1. The first-order valence-corrected chi connectivity index (χ1v) is 6.08. The van der Waals surface area contributed by atoms with E-state index in [1.54, 1.807) is 29.1 Å². The molecule has 0 saturated carbocycles. The van der Waals surface area contributed by atoms with Gasteiger partial charge in [-0.25, -0.2) is 4.98 Å². The fourth-order valence-corrected chi connectivity index (χ4v) is 1.74. The molecule has 1 aromatic carbocycles. The summed E-state index contributed by atoms with van der Waals surface area (Å²) in [7, 11) is 0. The average molecular weight is 284 g/mol. The zero-order valence-corrected chi connectivity index (χ0v) is 10.9. The number of nitrogens with zero attached hydrogens (tertiary/aromatic N) is 2. The predicted molar refractivity (Wildman–Crippen MR) is 70.5 cm³/mol. The summed E-state index contributed by atoms with van der Waals surface area (Å²) in [5.41, 5.74) is 0.990. The van der Waals surface area contributed by atoms with E-state index in [-0.39, 0.29) is 12.5 Å². The maximum Gasteiger partial charge on any atom is 0.240 e. The summed E-state index contributed by atoms with van der Waals surface area (Å²) in [4.78, 5) is 15.5. The van der Waals surface area contributed by atoms with Crippen molar-refractivity contribution in [2.24, 2.45) is 0 Å². The van der Waals surface area contributed by atoms with Crippen LogP contribution in [0.15, 0.2) is 36.7 Å². The van der Waals surface area contributed by atoms with Crippen molar-refractivity contribution < 1.29 is 4.79 Å². The van der Waals surface area contributed by atoms with Gasteiger partial charge in [-0.15, -0.1) is 0 Å². The molecule has 0 saturated heterocycles. The monoisotopic (exact) mass is 283 g/mol. The lowest BCUT2D eigenvalue weighted by Gasteiger charge is -2.06.